The molecule has 0 bridgehead atoms. The molecule has 2 rings (SSSR count). The highest BCUT2D eigenvalue weighted by Gasteiger charge is 2.16. The molecule has 2 N–H and O–H groups in total. The fourth-order valence-corrected chi connectivity index (χ4v) is 2.22. The molecule has 124 valence electrons. The maximum absolute atomic E-state index is 12.0. The SMILES string of the molecule is COc1cccc([C@H](CNC(=O)Nc2cc(C)on2)N(C)C)c1. The van der Waals surface area contributed by atoms with Crippen molar-refractivity contribution < 1.29 is 14.1 Å². The fourth-order valence-electron chi connectivity index (χ4n) is 2.22. The molecule has 0 unspecified atom stereocenters. The van der Waals surface area contributed by atoms with Crippen molar-refractivity contribution >= 4 is 11.8 Å². The van der Waals surface area contributed by atoms with Crippen LogP contribution in [0.25, 0.3) is 0 Å². The molecular formula is C16H22N4O3. The lowest BCUT2D eigenvalue weighted by Gasteiger charge is -2.25. The van der Waals surface area contributed by atoms with Crippen molar-refractivity contribution in [3.8, 4) is 5.75 Å². The number of nitrogens with zero attached hydrogens (tertiary/aromatic N) is 2. The van der Waals surface area contributed by atoms with Crippen molar-refractivity contribution in [2.75, 3.05) is 33.1 Å². The Labute approximate surface area is 135 Å². The minimum atomic E-state index is -0.326. The molecule has 23 heavy (non-hydrogen) atoms. The van der Waals surface area contributed by atoms with Crippen molar-refractivity contribution in [3.63, 3.8) is 0 Å². The zero-order valence-corrected chi connectivity index (χ0v) is 13.8. The van der Waals surface area contributed by atoms with Crippen molar-refractivity contribution in [1.29, 1.82) is 0 Å². The monoisotopic (exact) mass is 318 g/mol. The number of hydrogen-bond acceptors (Lipinski definition) is 5. The maximum Gasteiger partial charge on any atom is 0.320 e. The number of carbonyl (C=O) groups excluding carboxylic acids is 1. The van der Waals surface area contributed by atoms with Gasteiger partial charge in [0.05, 0.1) is 13.2 Å². The van der Waals surface area contributed by atoms with E-state index in [2.05, 4.69) is 15.8 Å². The maximum atomic E-state index is 12.0. The highest BCUT2D eigenvalue weighted by molar-refractivity contribution is 5.88. The van der Waals surface area contributed by atoms with Crippen molar-refractivity contribution in [2.24, 2.45) is 0 Å². The van der Waals surface area contributed by atoms with Crippen LogP contribution >= 0.6 is 0 Å². The number of nitrogens with one attached hydrogen (secondary N) is 2. The summed E-state index contributed by atoms with van der Waals surface area (Å²) in [6.45, 7) is 2.21. The molecule has 0 aliphatic rings. The van der Waals surface area contributed by atoms with E-state index < -0.39 is 0 Å². The van der Waals surface area contributed by atoms with Gasteiger partial charge in [-0.15, -0.1) is 0 Å². The molecule has 7 nitrogen and oxygen atoms in total. The Morgan fingerprint density at radius 1 is 1.39 bits per heavy atom. The topological polar surface area (TPSA) is 79.6 Å². The summed E-state index contributed by atoms with van der Waals surface area (Å²) in [7, 11) is 5.56. The standard InChI is InChI=1S/C16H22N4O3/c1-11-8-15(19-23-11)18-16(21)17-10-14(20(2)3)12-6-5-7-13(9-12)22-4/h5-9,14H,10H2,1-4H3,(H2,17,18,19,21)/t14-/m0/s1. The smallest absolute Gasteiger partial charge is 0.320 e. The number of aryl methyl sites for hydroxylation is 1. The number of rotatable bonds is 6. The van der Waals surface area contributed by atoms with E-state index in [0.717, 1.165) is 11.3 Å². The van der Waals surface area contributed by atoms with E-state index in [1.165, 1.54) is 0 Å². The van der Waals surface area contributed by atoms with Gasteiger partial charge in [-0.25, -0.2) is 4.79 Å². The predicted octanol–water partition coefficient (Wildman–Crippen LogP) is 2.42. The molecule has 2 aromatic rings. The molecule has 0 aliphatic carbocycles. The Morgan fingerprint density at radius 3 is 2.78 bits per heavy atom. The van der Waals surface area contributed by atoms with Crippen LogP contribution in [0.3, 0.4) is 0 Å². The van der Waals surface area contributed by atoms with Gasteiger partial charge < -0.3 is 19.5 Å². The van der Waals surface area contributed by atoms with Gasteiger partial charge in [0.15, 0.2) is 5.82 Å². The first-order chi connectivity index (χ1) is 11.0. The van der Waals surface area contributed by atoms with Crippen molar-refractivity contribution in [1.82, 2.24) is 15.4 Å². The van der Waals surface area contributed by atoms with Gasteiger partial charge in [-0.1, -0.05) is 17.3 Å². The van der Waals surface area contributed by atoms with Crippen LogP contribution < -0.4 is 15.4 Å². The van der Waals surface area contributed by atoms with Crippen molar-refractivity contribution in [3.05, 3.63) is 41.7 Å². The Bertz CT molecular complexity index is 654. The third-order valence-electron chi connectivity index (χ3n) is 3.43. The molecule has 1 aromatic heterocycles. The summed E-state index contributed by atoms with van der Waals surface area (Å²) < 4.78 is 10.2. The van der Waals surface area contributed by atoms with E-state index in [0.29, 0.717) is 18.1 Å². The van der Waals surface area contributed by atoms with Gasteiger partial charge in [0.1, 0.15) is 11.5 Å². The molecule has 0 saturated heterocycles. The van der Waals surface area contributed by atoms with Crippen LogP contribution in [0, 0.1) is 6.92 Å². The third kappa shape index (κ3) is 4.72. The molecule has 1 atom stereocenters. The number of methoxy groups -OCH3 is 1. The summed E-state index contributed by atoms with van der Waals surface area (Å²) in [4.78, 5) is 14.0. The Kier molecular flexibility index (Phi) is 5.59. The number of ether oxygens (including phenoxy) is 1. The average Bonchev–Trinajstić information content (AvgIpc) is 2.92. The second-order valence-corrected chi connectivity index (χ2v) is 5.41. The van der Waals surface area contributed by atoms with Crippen LogP contribution in [0.2, 0.25) is 0 Å². The predicted molar refractivity (Wildman–Crippen MR) is 87.7 cm³/mol. The lowest BCUT2D eigenvalue weighted by molar-refractivity contribution is 0.243. The zero-order valence-electron chi connectivity index (χ0n) is 13.8. The number of hydrogen-bond donors (Lipinski definition) is 2. The zero-order chi connectivity index (χ0) is 16.8. The first-order valence-corrected chi connectivity index (χ1v) is 7.28. The molecular weight excluding hydrogens is 296 g/mol. The van der Waals surface area contributed by atoms with Crippen molar-refractivity contribution in [2.45, 2.75) is 13.0 Å². The van der Waals surface area contributed by atoms with Crippen LogP contribution in [0.1, 0.15) is 17.4 Å². The summed E-state index contributed by atoms with van der Waals surface area (Å²) >= 11 is 0. The minimum Gasteiger partial charge on any atom is -0.497 e. The van der Waals surface area contributed by atoms with Gasteiger partial charge in [0, 0.05) is 12.6 Å². The van der Waals surface area contributed by atoms with E-state index in [9.17, 15) is 4.79 Å². The Morgan fingerprint density at radius 2 is 2.17 bits per heavy atom. The second kappa shape index (κ2) is 7.64. The van der Waals surface area contributed by atoms with E-state index in [4.69, 9.17) is 9.26 Å². The Hall–Kier alpha value is -2.54. The summed E-state index contributed by atoms with van der Waals surface area (Å²) in [5, 5.41) is 9.20. The lowest BCUT2D eigenvalue weighted by atomic mass is 10.1. The second-order valence-electron chi connectivity index (χ2n) is 5.41. The van der Waals surface area contributed by atoms with E-state index in [1.807, 2.05) is 43.3 Å². The molecule has 1 aromatic carbocycles. The van der Waals surface area contributed by atoms with Gasteiger partial charge >= 0.3 is 6.03 Å². The molecule has 0 fully saturated rings. The van der Waals surface area contributed by atoms with Crippen LogP contribution in [0.5, 0.6) is 5.75 Å². The number of aromatic nitrogens is 1. The molecule has 0 aliphatic heterocycles. The molecule has 0 saturated carbocycles. The van der Waals surface area contributed by atoms with Gasteiger partial charge in [0.2, 0.25) is 0 Å². The van der Waals surface area contributed by atoms with Crippen LogP contribution in [0.4, 0.5) is 10.6 Å². The average molecular weight is 318 g/mol. The molecule has 2 amide bonds. The molecule has 7 heteroatoms. The number of benzene rings is 1. The van der Waals surface area contributed by atoms with Gasteiger partial charge in [-0.2, -0.15) is 0 Å². The first-order valence-electron chi connectivity index (χ1n) is 7.28. The Balaban J connectivity index is 1.98. The summed E-state index contributed by atoms with van der Waals surface area (Å²) in [6.07, 6.45) is 0. The number of carbonyl (C=O) groups is 1. The van der Waals surface area contributed by atoms with E-state index in [-0.39, 0.29) is 12.1 Å². The summed E-state index contributed by atoms with van der Waals surface area (Å²) in [5.74, 6) is 1.82. The quantitative estimate of drug-likeness (QED) is 0.855. The van der Waals surface area contributed by atoms with E-state index >= 15 is 0 Å². The highest BCUT2D eigenvalue weighted by atomic mass is 16.5. The van der Waals surface area contributed by atoms with Gasteiger partial charge in [-0.05, 0) is 38.7 Å². The van der Waals surface area contributed by atoms with Crippen LogP contribution in [-0.2, 0) is 0 Å². The van der Waals surface area contributed by atoms with Crippen LogP contribution in [0.15, 0.2) is 34.9 Å². The van der Waals surface area contributed by atoms with Crippen LogP contribution in [-0.4, -0.2) is 43.8 Å². The fraction of sp³-hybridized carbons (Fsp3) is 0.375. The number of anilines is 1. The normalized spacial score (nSPS) is 12.0. The molecule has 1 heterocycles. The summed E-state index contributed by atoms with van der Waals surface area (Å²) in [6, 6.07) is 9.15. The third-order valence-corrected chi connectivity index (χ3v) is 3.43. The van der Waals surface area contributed by atoms with Gasteiger partial charge in [0.25, 0.3) is 0 Å². The van der Waals surface area contributed by atoms with E-state index in [1.54, 1.807) is 20.1 Å². The summed E-state index contributed by atoms with van der Waals surface area (Å²) in [5.41, 5.74) is 1.06. The number of amides is 2. The minimum absolute atomic E-state index is 0.0231. The molecule has 0 radical (unpaired) electrons. The molecule has 0 spiro atoms. The highest BCUT2D eigenvalue weighted by Crippen LogP contribution is 2.22. The largest absolute Gasteiger partial charge is 0.497 e. The number of urea groups is 1. The lowest BCUT2D eigenvalue weighted by Crippen LogP contribution is -2.36. The number of likely N-dealkylation sites (N-methyl/N-ethyl adjacent to an activating group) is 1. The first kappa shape index (κ1) is 16.8. The van der Waals surface area contributed by atoms with Gasteiger partial charge in [-0.3, -0.25) is 5.32 Å².